The van der Waals surface area contributed by atoms with E-state index in [1.54, 1.807) is 0 Å². The van der Waals surface area contributed by atoms with Crippen molar-refractivity contribution in [3.63, 3.8) is 0 Å². The Balaban J connectivity index is 1.31. The SMILES string of the molecule is N#Cc1ccc(-c2ccc(/N=N/c3ccc(OCCCCCCCCCCCCBr)cc3)cc2)cc1. The van der Waals surface area contributed by atoms with E-state index >= 15 is 0 Å². The van der Waals surface area contributed by atoms with Crippen LogP contribution in [-0.4, -0.2) is 11.9 Å². The van der Waals surface area contributed by atoms with Crippen molar-refractivity contribution in [1.82, 2.24) is 0 Å². The third-order valence-corrected chi connectivity index (χ3v) is 6.69. The van der Waals surface area contributed by atoms with E-state index in [1.165, 1.54) is 57.8 Å². The van der Waals surface area contributed by atoms with Gasteiger partial charge in [0.25, 0.3) is 0 Å². The summed E-state index contributed by atoms with van der Waals surface area (Å²) in [6, 6.07) is 25.4. The number of benzene rings is 3. The Morgan fingerprint density at radius 1 is 0.583 bits per heavy atom. The Kier molecular flexibility index (Phi) is 12.8. The molecule has 3 aromatic rings. The van der Waals surface area contributed by atoms with Gasteiger partial charge in [-0.2, -0.15) is 15.5 Å². The van der Waals surface area contributed by atoms with E-state index in [-0.39, 0.29) is 0 Å². The fraction of sp³-hybridized carbons (Fsp3) is 0.387. The molecule has 0 saturated carbocycles. The summed E-state index contributed by atoms with van der Waals surface area (Å²) in [5, 5.41) is 18.8. The minimum atomic E-state index is 0.661. The van der Waals surface area contributed by atoms with Crippen molar-refractivity contribution >= 4 is 27.3 Å². The Bertz CT molecular complexity index is 1070. The van der Waals surface area contributed by atoms with E-state index in [0.717, 1.165) is 46.6 Å². The summed E-state index contributed by atoms with van der Waals surface area (Å²) >= 11 is 3.49. The van der Waals surface area contributed by atoms with Gasteiger partial charge in [-0.25, -0.2) is 0 Å². The van der Waals surface area contributed by atoms with E-state index < -0.39 is 0 Å². The van der Waals surface area contributed by atoms with Crippen molar-refractivity contribution in [2.75, 3.05) is 11.9 Å². The van der Waals surface area contributed by atoms with Crippen LogP contribution in [0.1, 0.15) is 69.8 Å². The molecule has 5 heteroatoms. The molecule has 0 aromatic heterocycles. The maximum absolute atomic E-state index is 8.93. The molecular formula is C31H36BrN3O. The molecule has 0 aliphatic carbocycles. The number of alkyl halides is 1. The van der Waals surface area contributed by atoms with E-state index in [4.69, 9.17) is 10.00 Å². The Labute approximate surface area is 224 Å². The molecule has 0 bridgehead atoms. The highest BCUT2D eigenvalue weighted by Crippen LogP contribution is 2.25. The largest absolute Gasteiger partial charge is 0.494 e. The number of hydrogen-bond acceptors (Lipinski definition) is 4. The second kappa shape index (κ2) is 16.7. The van der Waals surface area contributed by atoms with Crippen LogP contribution in [0, 0.1) is 11.3 Å². The van der Waals surface area contributed by atoms with E-state index in [0.29, 0.717) is 5.56 Å². The second-order valence-electron chi connectivity index (χ2n) is 9.00. The van der Waals surface area contributed by atoms with Gasteiger partial charge in [0.05, 0.1) is 29.6 Å². The van der Waals surface area contributed by atoms with Crippen LogP contribution < -0.4 is 4.74 Å². The molecule has 0 aliphatic rings. The minimum absolute atomic E-state index is 0.661. The van der Waals surface area contributed by atoms with E-state index in [2.05, 4.69) is 32.2 Å². The fourth-order valence-electron chi connectivity index (χ4n) is 3.98. The molecule has 0 saturated heterocycles. The van der Waals surface area contributed by atoms with Crippen molar-refractivity contribution in [3.05, 3.63) is 78.4 Å². The number of halogens is 1. The predicted octanol–water partition coefficient (Wildman–Crippen LogP) is 10.3. The molecule has 0 spiro atoms. The highest BCUT2D eigenvalue weighted by molar-refractivity contribution is 9.09. The zero-order chi connectivity index (χ0) is 25.3. The van der Waals surface area contributed by atoms with Gasteiger partial charge in [-0.1, -0.05) is 91.6 Å². The van der Waals surface area contributed by atoms with E-state index in [1.807, 2.05) is 72.8 Å². The summed E-state index contributed by atoms with van der Waals surface area (Å²) in [6.45, 7) is 0.763. The lowest BCUT2D eigenvalue weighted by molar-refractivity contribution is 0.304. The predicted molar refractivity (Wildman–Crippen MR) is 153 cm³/mol. The van der Waals surface area contributed by atoms with Gasteiger partial charge >= 0.3 is 0 Å². The molecule has 188 valence electrons. The zero-order valence-corrected chi connectivity index (χ0v) is 22.6. The number of azo groups is 1. The van der Waals surface area contributed by atoms with Gasteiger partial charge in [-0.05, 0) is 72.5 Å². The van der Waals surface area contributed by atoms with Crippen LogP contribution >= 0.6 is 15.9 Å². The van der Waals surface area contributed by atoms with Gasteiger partial charge in [0.1, 0.15) is 5.75 Å². The maximum atomic E-state index is 8.93. The lowest BCUT2D eigenvalue weighted by Crippen LogP contribution is -1.96. The Morgan fingerprint density at radius 2 is 1.03 bits per heavy atom. The summed E-state index contributed by atoms with van der Waals surface area (Å²) in [4.78, 5) is 0. The summed E-state index contributed by atoms with van der Waals surface area (Å²) < 4.78 is 5.88. The third kappa shape index (κ3) is 10.3. The number of nitriles is 1. The molecule has 36 heavy (non-hydrogen) atoms. The molecule has 0 amide bonds. The lowest BCUT2D eigenvalue weighted by atomic mass is 10.0. The van der Waals surface area contributed by atoms with Gasteiger partial charge in [0, 0.05) is 5.33 Å². The second-order valence-corrected chi connectivity index (χ2v) is 9.80. The first-order chi connectivity index (χ1) is 17.8. The van der Waals surface area contributed by atoms with Crippen molar-refractivity contribution in [2.24, 2.45) is 10.2 Å². The third-order valence-electron chi connectivity index (χ3n) is 6.13. The topological polar surface area (TPSA) is 57.7 Å². The summed E-state index contributed by atoms with van der Waals surface area (Å²) in [6.07, 6.45) is 13.2. The normalized spacial score (nSPS) is 11.0. The van der Waals surface area contributed by atoms with Gasteiger partial charge in [-0.15, -0.1) is 0 Å². The molecule has 3 rings (SSSR count). The molecule has 0 atom stereocenters. The maximum Gasteiger partial charge on any atom is 0.119 e. The molecule has 0 N–H and O–H groups in total. The van der Waals surface area contributed by atoms with Crippen LogP contribution in [0.15, 0.2) is 83.0 Å². The number of nitrogens with zero attached hydrogens (tertiary/aromatic N) is 3. The summed E-state index contributed by atoms with van der Waals surface area (Å²) in [5.74, 6) is 0.879. The number of unbranched alkanes of at least 4 members (excludes halogenated alkanes) is 9. The van der Waals surface area contributed by atoms with Crippen molar-refractivity contribution < 1.29 is 4.74 Å². The number of ether oxygens (including phenoxy) is 1. The average Bonchev–Trinajstić information content (AvgIpc) is 2.93. The first-order valence-electron chi connectivity index (χ1n) is 13.1. The van der Waals surface area contributed by atoms with Crippen LogP contribution in [0.3, 0.4) is 0 Å². The van der Waals surface area contributed by atoms with Gasteiger partial charge in [0.15, 0.2) is 0 Å². The number of hydrogen-bond donors (Lipinski definition) is 0. The molecule has 4 nitrogen and oxygen atoms in total. The van der Waals surface area contributed by atoms with Crippen LogP contribution in [0.4, 0.5) is 11.4 Å². The van der Waals surface area contributed by atoms with Gasteiger partial charge in [0.2, 0.25) is 0 Å². The van der Waals surface area contributed by atoms with Crippen LogP contribution in [0.2, 0.25) is 0 Å². The molecule has 0 radical (unpaired) electrons. The summed E-state index contributed by atoms with van der Waals surface area (Å²) in [5.41, 5.74) is 4.40. The van der Waals surface area contributed by atoms with Gasteiger partial charge in [-0.3, -0.25) is 0 Å². The fourth-order valence-corrected chi connectivity index (χ4v) is 4.38. The van der Waals surface area contributed by atoms with Crippen molar-refractivity contribution in [3.8, 4) is 22.9 Å². The highest BCUT2D eigenvalue weighted by Gasteiger charge is 2.00. The van der Waals surface area contributed by atoms with Crippen molar-refractivity contribution in [2.45, 2.75) is 64.2 Å². The van der Waals surface area contributed by atoms with E-state index in [9.17, 15) is 0 Å². The highest BCUT2D eigenvalue weighted by atomic mass is 79.9. The first-order valence-corrected chi connectivity index (χ1v) is 14.2. The first kappa shape index (κ1) is 27.6. The molecule has 3 aromatic carbocycles. The van der Waals surface area contributed by atoms with Gasteiger partial charge < -0.3 is 4.74 Å². The number of rotatable bonds is 16. The minimum Gasteiger partial charge on any atom is -0.494 e. The molecule has 0 heterocycles. The van der Waals surface area contributed by atoms with Crippen LogP contribution in [0.25, 0.3) is 11.1 Å². The zero-order valence-electron chi connectivity index (χ0n) is 21.0. The quantitative estimate of drug-likeness (QED) is 0.102. The van der Waals surface area contributed by atoms with Crippen LogP contribution in [0.5, 0.6) is 5.75 Å². The van der Waals surface area contributed by atoms with Crippen LogP contribution in [-0.2, 0) is 0 Å². The smallest absolute Gasteiger partial charge is 0.119 e. The summed E-state index contributed by atoms with van der Waals surface area (Å²) in [7, 11) is 0. The molecule has 0 unspecified atom stereocenters. The average molecular weight is 547 g/mol. The Morgan fingerprint density at radius 3 is 1.53 bits per heavy atom. The lowest BCUT2D eigenvalue weighted by Gasteiger charge is -2.06. The Hall–Kier alpha value is -2.97. The standard InChI is InChI=1S/C31H36BrN3O/c32-23-9-7-5-3-1-2-4-6-8-10-24-36-31-21-19-30(20-22-31)35-34-29-17-15-28(16-18-29)27-13-11-26(25-33)12-14-27/h11-22H,1-10,23-24H2/b35-34+. The molecule has 0 fully saturated rings. The van der Waals surface area contributed by atoms with Crippen molar-refractivity contribution in [1.29, 1.82) is 5.26 Å². The molecular weight excluding hydrogens is 510 g/mol. The monoisotopic (exact) mass is 545 g/mol. The molecule has 0 aliphatic heterocycles.